The quantitative estimate of drug-likeness (QED) is 0.903. The molecule has 0 unspecified atom stereocenters. The molecule has 1 aliphatic rings. The normalized spacial score (nSPS) is 18.2. The van der Waals surface area contributed by atoms with Crippen molar-refractivity contribution in [2.24, 2.45) is 0 Å². The van der Waals surface area contributed by atoms with E-state index in [1.165, 1.54) is 12.8 Å². The molecule has 2 N–H and O–H groups in total. The van der Waals surface area contributed by atoms with Gasteiger partial charge in [0.2, 0.25) is 0 Å². The average Bonchev–Trinajstić information content (AvgIpc) is 3.01. The van der Waals surface area contributed by atoms with Gasteiger partial charge in [0, 0.05) is 12.2 Å². The molecule has 0 aliphatic carbocycles. The van der Waals surface area contributed by atoms with Gasteiger partial charge in [-0.3, -0.25) is 4.98 Å². The summed E-state index contributed by atoms with van der Waals surface area (Å²) in [5.41, 5.74) is 1.01. The highest BCUT2D eigenvalue weighted by Gasteiger charge is 2.09. The number of aromatic nitrogens is 1. The molecule has 1 fully saturated rings. The number of rotatable bonds is 4. The summed E-state index contributed by atoms with van der Waals surface area (Å²) >= 11 is 0. The molecular formula is C17H18N2O2. The van der Waals surface area contributed by atoms with Crippen molar-refractivity contribution in [3.8, 4) is 17.2 Å². The van der Waals surface area contributed by atoms with Crippen molar-refractivity contribution in [3.05, 3.63) is 54.4 Å². The van der Waals surface area contributed by atoms with Crippen LogP contribution in [-0.2, 0) is 0 Å². The number of phenolic OH excluding ortho intramolecular Hbond substituents is 1. The van der Waals surface area contributed by atoms with Gasteiger partial charge in [-0.25, -0.2) is 0 Å². The van der Waals surface area contributed by atoms with Gasteiger partial charge in [-0.05, 0) is 55.3 Å². The van der Waals surface area contributed by atoms with Crippen LogP contribution < -0.4 is 10.1 Å². The molecule has 2 heterocycles. The molecule has 1 aromatic carbocycles. The molecule has 0 spiro atoms. The number of pyridine rings is 1. The van der Waals surface area contributed by atoms with E-state index in [2.05, 4.69) is 22.5 Å². The van der Waals surface area contributed by atoms with Crippen molar-refractivity contribution >= 4 is 6.08 Å². The minimum absolute atomic E-state index is 0.223. The number of hydrogen-bond donors (Lipinski definition) is 2. The second-order valence-corrected chi connectivity index (χ2v) is 5.11. The Morgan fingerprint density at radius 3 is 2.81 bits per heavy atom. The van der Waals surface area contributed by atoms with Gasteiger partial charge in [-0.1, -0.05) is 12.2 Å². The summed E-state index contributed by atoms with van der Waals surface area (Å²) in [6.45, 7) is 1.09. The van der Waals surface area contributed by atoms with Gasteiger partial charge >= 0.3 is 0 Å². The third kappa shape index (κ3) is 3.83. The zero-order valence-electron chi connectivity index (χ0n) is 11.7. The molecule has 1 atom stereocenters. The topological polar surface area (TPSA) is 54.4 Å². The number of phenols is 1. The van der Waals surface area contributed by atoms with Crippen LogP contribution in [0.4, 0.5) is 0 Å². The Labute approximate surface area is 124 Å². The lowest BCUT2D eigenvalue weighted by atomic mass is 10.2. The lowest BCUT2D eigenvalue weighted by molar-refractivity contribution is 0.463. The summed E-state index contributed by atoms with van der Waals surface area (Å²) in [5, 5.41) is 12.7. The van der Waals surface area contributed by atoms with E-state index in [0.29, 0.717) is 17.5 Å². The molecule has 4 nitrogen and oxygen atoms in total. The van der Waals surface area contributed by atoms with E-state index >= 15 is 0 Å². The van der Waals surface area contributed by atoms with Crippen LogP contribution in [0.3, 0.4) is 0 Å². The summed E-state index contributed by atoms with van der Waals surface area (Å²) in [6.07, 6.45) is 10.2. The Hall–Kier alpha value is -2.33. The van der Waals surface area contributed by atoms with Crippen LogP contribution in [0.2, 0.25) is 0 Å². The summed E-state index contributed by atoms with van der Waals surface area (Å²) in [6, 6.07) is 9.05. The lowest BCUT2D eigenvalue weighted by Crippen LogP contribution is -2.17. The van der Waals surface area contributed by atoms with Gasteiger partial charge in [-0.2, -0.15) is 0 Å². The largest absolute Gasteiger partial charge is 0.508 e. The van der Waals surface area contributed by atoms with E-state index in [0.717, 1.165) is 12.1 Å². The zero-order chi connectivity index (χ0) is 14.5. The van der Waals surface area contributed by atoms with E-state index in [4.69, 9.17) is 4.74 Å². The Morgan fingerprint density at radius 2 is 2.05 bits per heavy atom. The second kappa shape index (κ2) is 6.41. The molecule has 108 valence electrons. The number of nitrogens with zero attached hydrogens (tertiary/aromatic N) is 1. The number of nitrogens with one attached hydrogen (secondary N) is 1. The van der Waals surface area contributed by atoms with E-state index in [-0.39, 0.29) is 5.75 Å². The molecule has 1 aromatic heterocycles. The SMILES string of the molecule is Oc1ccc(Oc2cncc(/C=C/[C@H]3CCCN3)c2)cc1. The molecule has 0 amide bonds. The molecule has 21 heavy (non-hydrogen) atoms. The Kier molecular flexibility index (Phi) is 4.17. The first-order chi connectivity index (χ1) is 10.3. The fraction of sp³-hybridized carbons (Fsp3) is 0.235. The highest BCUT2D eigenvalue weighted by atomic mass is 16.5. The van der Waals surface area contributed by atoms with Crippen LogP contribution in [0.5, 0.6) is 17.2 Å². The van der Waals surface area contributed by atoms with Crippen LogP contribution >= 0.6 is 0 Å². The predicted molar refractivity (Wildman–Crippen MR) is 82.5 cm³/mol. The van der Waals surface area contributed by atoms with Crippen molar-refractivity contribution in [3.63, 3.8) is 0 Å². The minimum Gasteiger partial charge on any atom is -0.508 e. The Balaban J connectivity index is 1.69. The van der Waals surface area contributed by atoms with Gasteiger partial charge in [0.25, 0.3) is 0 Å². The maximum Gasteiger partial charge on any atom is 0.146 e. The van der Waals surface area contributed by atoms with E-state index in [1.807, 2.05) is 12.3 Å². The number of hydrogen-bond acceptors (Lipinski definition) is 4. The van der Waals surface area contributed by atoms with Crippen molar-refractivity contribution in [2.75, 3.05) is 6.54 Å². The highest BCUT2D eigenvalue weighted by Crippen LogP contribution is 2.23. The maximum absolute atomic E-state index is 9.26. The smallest absolute Gasteiger partial charge is 0.146 e. The second-order valence-electron chi connectivity index (χ2n) is 5.11. The van der Waals surface area contributed by atoms with Crippen molar-refractivity contribution in [1.29, 1.82) is 0 Å². The maximum atomic E-state index is 9.26. The van der Waals surface area contributed by atoms with Gasteiger partial charge < -0.3 is 15.2 Å². The first-order valence-corrected chi connectivity index (χ1v) is 7.13. The molecular weight excluding hydrogens is 264 g/mol. The number of aromatic hydroxyl groups is 1. The van der Waals surface area contributed by atoms with Crippen LogP contribution in [0.15, 0.2) is 48.8 Å². The minimum atomic E-state index is 0.223. The fourth-order valence-corrected chi connectivity index (χ4v) is 2.34. The predicted octanol–water partition coefficient (Wildman–Crippen LogP) is 3.34. The third-order valence-electron chi connectivity index (χ3n) is 3.43. The number of ether oxygens (including phenoxy) is 1. The number of benzene rings is 1. The van der Waals surface area contributed by atoms with Crippen LogP contribution in [0, 0.1) is 0 Å². The van der Waals surface area contributed by atoms with Crippen molar-refractivity contribution < 1.29 is 9.84 Å². The van der Waals surface area contributed by atoms with Crippen molar-refractivity contribution in [1.82, 2.24) is 10.3 Å². The molecule has 1 saturated heterocycles. The summed E-state index contributed by atoms with van der Waals surface area (Å²) in [7, 11) is 0. The third-order valence-corrected chi connectivity index (χ3v) is 3.43. The monoisotopic (exact) mass is 282 g/mol. The fourth-order valence-electron chi connectivity index (χ4n) is 2.34. The molecule has 4 heteroatoms. The highest BCUT2D eigenvalue weighted by molar-refractivity contribution is 5.51. The van der Waals surface area contributed by atoms with Crippen molar-refractivity contribution in [2.45, 2.75) is 18.9 Å². The first-order valence-electron chi connectivity index (χ1n) is 7.13. The van der Waals surface area contributed by atoms with Crippen LogP contribution in [0.25, 0.3) is 6.08 Å². The van der Waals surface area contributed by atoms with Gasteiger partial charge in [-0.15, -0.1) is 0 Å². The summed E-state index contributed by atoms with van der Waals surface area (Å²) in [4.78, 5) is 4.20. The Morgan fingerprint density at radius 1 is 1.19 bits per heavy atom. The van der Waals surface area contributed by atoms with E-state index in [9.17, 15) is 5.11 Å². The summed E-state index contributed by atoms with van der Waals surface area (Å²) < 4.78 is 5.72. The van der Waals surface area contributed by atoms with Crippen LogP contribution in [0.1, 0.15) is 18.4 Å². The van der Waals surface area contributed by atoms with Gasteiger partial charge in [0.1, 0.15) is 17.2 Å². The standard InChI is InChI=1S/C17H18N2O2/c20-15-5-7-16(8-6-15)21-17-10-13(11-18-12-17)3-4-14-2-1-9-19-14/h3-8,10-12,14,19-20H,1-2,9H2/b4-3+/t14-/m1/s1. The molecule has 0 saturated carbocycles. The summed E-state index contributed by atoms with van der Waals surface area (Å²) in [5.74, 6) is 1.58. The van der Waals surface area contributed by atoms with Crippen LogP contribution in [-0.4, -0.2) is 22.7 Å². The Bertz CT molecular complexity index is 617. The van der Waals surface area contributed by atoms with Gasteiger partial charge in [0.15, 0.2) is 0 Å². The molecule has 2 aromatic rings. The average molecular weight is 282 g/mol. The molecule has 0 bridgehead atoms. The lowest BCUT2D eigenvalue weighted by Gasteiger charge is -2.06. The molecule has 3 rings (SSSR count). The molecule has 1 aliphatic heterocycles. The van der Waals surface area contributed by atoms with E-state index in [1.54, 1.807) is 30.5 Å². The van der Waals surface area contributed by atoms with E-state index < -0.39 is 0 Å². The van der Waals surface area contributed by atoms with Gasteiger partial charge in [0.05, 0.1) is 6.20 Å². The zero-order valence-corrected chi connectivity index (χ0v) is 11.7. The molecule has 0 radical (unpaired) electrons. The first kappa shape index (κ1) is 13.6.